The van der Waals surface area contributed by atoms with Crippen molar-refractivity contribution in [1.82, 2.24) is 4.57 Å². The molecule has 57 heavy (non-hydrogen) atoms. The number of anilines is 3. The third kappa shape index (κ3) is 5.68. The highest BCUT2D eigenvalue weighted by Gasteiger charge is 2.21. The summed E-state index contributed by atoms with van der Waals surface area (Å²) < 4.78 is 9.43. The Morgan fingerprint density at radius 2 is 0.877 bits per heavy atom. The van der Waals surface area contributed by atoms with Crippen LogP contribution in [0.5, 0.6) is 0 Å². The molecule has 11 aromatic rings. The van der Waals surface area contributed by atoms with E-state index >= 15 is 0 Å². The molecular formula is C54H36N2O. The molecule has 2 aromatic heterocycles. The first kappa shape index (κ1) is 32.8. The van der Waals surface area contributed by atoms with Gasteiger partial charge in [0.1, 0.15) is 11.2 Å². The van der Waals surface area contributed by atoms with Crippen LogP contribution in [0.25, 0.3) is 82.8 Å². The Morgan fingerprint density at radius 3 is 1.56 bits per heavy atom. The first-order valence-corrected chi connectivity index (χ1v) is 19.4. The van der Waals surface area contributed by atoms with E-state index in [0.717, 1.165) is 66.5 Å². The number of benzene rings is 9. The fourth-order valence-corrected chi connectivity index (χ4v) is 8.51. The molecule has 3 nitrogen and oxygen atoms in total. The van der Waals surface area contributed by atoms with E-state index < -0.39 is 0 Å². The molecule has 0 aliphatic heterocycles. The van der Waals surface area contributed by atoms with Crippen molar-refractivity contribution in [3.8, 4) is 39.1 Å². The number of para-hydroxylation sites is 2. The Morgan fingerprint density at radius 1 is 0.333 bits per heavy atom. The molecule has 0 amide bonds. The van der Waals surface area contributed by atoms with E-state index in [0.29, 0.717) is 0 Å². The monoisotopic (exact) mass is 728 g/mol. The summed E-state index contributed by atoms with van der Waals surface area (Å²) in [5.41, 5.74) is 15.4. The first-order valence-electron chi connectivity index (χ1n) is 19.4. The lowest BCUT2D eigenvalue weighted by atomic mass is 9.98. The van der Waals surface area contributed by atoms with Gasteiger partial charge in [-0.1, -0.05) is 140 Å². The fraction of sp³-hybridized carbons (Fsp3) is 0. The summed E-state index contributed by atoms with van der Waals surface area (Å²) in [6.45, 7) is 0. The first-order chi connectivity index (χ1) is 28.3. The Hall–Kier alpha value is -7.62. The van der Waals surface area contributed by atoms with Crippen molar-refractivity contribution in [1.29, 1.82) is 0 Å². The summed E-state index contributed by atoms with van der Waals surface area (Å²) in [5, 5.41) is 4.47. The predicted molar refractivity (Wildman–Crippen MR) is 239 cm³/mol. The predicted octanol–water partition coefficient (Wildman–Crippen LogP) is 15.2. The third-order valence-corrected chi connectivity index (χ3v) is 11.1. The van der Waals surface area contributed by atoms with Crippen molar-refractivity contribution in [2.45, 2.75) is 0 Å². The summed E-state index contributed by atoms with van der Waals surface area (Å²) >= 11 is 0. The van der Waals surface area contributed by atoms with Crippen molar-refractivity contribution in [2.24, 2.45) is 0 Å². The molecule has 0 saturated carbocycles. The molecule has 0 saturated heterocycles. The van der Waals surface area contributed by atoms with E-state index in [-0.39, 0.29) is 0 Å². The summed E-state index contributed by atoms with van der Waals surface area (Å²) in [6.07, 6.45) is 0. The molecule has 11 rings (SSSR count). The zero-order valence-electron chi connectivity index (χ0n) is 31.1. The van der Waals surface area contributed by atoms with E-state index in [9.17, 15) is 0 Å². The Bertz CT molecular complexity index is 3160. The lowest BCUT2D eigenvalue weighted by Crippen LogP contribution is -2.09. The zero-order valence-corrected chi connectivity index (χ0v) is 31.1. The van der Waals surface area contributed by atoms with Gasteiger partial charge in [0, 0.05) is 45.0 Å². The van der Waals surface area contributed by atoms with E-state index in [4.69, 9.17) is 4.42 Å². The lowest BCUT2D eigenvalue weighted by Gasteiger charge is -2.26. The van der Waals surface area contributed by atoms with Crippen molar-refractivity contribution in [3.63, 3.8) is 0 Å². The minimum atomic E-state index is 0.851. The topological polar surface area (TPSA) is 21.3 Å². The van der Waals surface area contributed by atoms with E-state index in [1.54, 1.807) is 0 Å². The van der Waals surface area contributed by atoms with Gasteiger partial charge in [-0.05, 0) is 106 Å². The number of nitrogens with zero attached hydrogens (tertiary/aromatic N) is 2. The number of hydrogen-bond acceptors (Lipinski definition) is 2. The molecule has 268 valence electrons. The summed E-state index contributed by atoms with van der Waals surface area (Å²) in [5.74, 6) is 0. The van der Waals surface area contributed by atoms with Crippen LogP contribution < -0.4 is 4.90 Å². The van der Waals surface area contributed by atoms with Gasteiger partial charge in [-0.2, -0.15) is 0 Å². The van der Waals surface area contributed by atoms with Crippen molar-refractivity contribution >= 4 is 60.8 Å². The average Bonchev–Trinajstić information content (AvgIpc) is 3.83. The zero-order chi connectivity index (χ0) is 37.7. The molecule has 9 aromatic carbocycles. The molecule has 0 fully saturated rings. The quantitative estimate of drug-likeness (QED) is 0.163. The van der Waals surface area contributed by atoms with Gasteiger partial charge in [-0.25, -0.2) is 0 Å². The molecular weight excluding hydrogens is 693 g/mol. The second-order valence-electron chi connectivity index (χ2n) is 14.6. The fourth-order valence-electron chi connectivity index (χ4n) is 8.51. The molecule has 0 spiro atoms. The molecule has 0 N–H and O–H groups in total. The Labute approximate surface area is 330 Å². The molecule has 0 aliphatic carbocycles. The van der Waals surface area contributed by atoms with Gasteiger partial charge in [-0.15, -0.1) is 0 Å². The largest absolute Gasteiger partial charge is 0.455 e. The molecule has 0 atom stereocenters. The Balaban J connectivity index is 1.11. The van der Waals surface area contributed by atoms with Gasteiger partial charge < -0.3 is 13.9 Å². The smallest absolute Gasteiger partial charge is 0.145 e. The molecule has 3 heteroatoms. The highest BCUT2D eigenvalue weighted by molar-refractivity contribution is 6.24. The van der Waals surface area contributed by atoms with Gasteiger partial charge in [0.25, 0.3) is 0 Å². The minimum Gasteiger partial charge on any atom is -0.455 e. The van der Waals surface area contributed by atoms with Crippen LogP contribution >= 0.6 is 0 Å². The van der Waals surface area contributed by atoms with Crippen LogP contribution in [0.15, 0.2) is 223 Å². The van der Waals surface area contributed by atoms with Crippen molar-refractivity contribution in [2.75, 3.05) is 4.90 Å². The maximum Gasteiger partial charge on any atom is 0.145 e. The summed E-state index contributed by atoms with van der Waals surface area (Å²) in [6, 6.07) is 77.9. The van der Waals surface area contributed by atoms with E-state index in [1.165, 1.54) is 33.4 Å². The third-order valence-electron chi connectivity index (χ3n) is 11.1. The summed E-state index contributed by atoms with van der Waals surface area (Å²) in [7, 11) is 0. The van der Waals surface area contributed by atoms with Gasteiger partial charge >= 0.3 is 0 Å². The second kappa shape index (κ2) is 13.6. The maximum absolute atomic E-state index is 7.02. The van der Waals surface area contributed by atoms with Crippen LogP contribution in [-0.2, 0) is 0 Å². The molecule has 0 bridgehead atoms. The average molecular weight is 729 g/mol. The van der Waals surface area contributed by atoms with Gasteiger partial charge in [0.2, 0.25) is 0 Å². The van der Waals surface area contributed by atoms with Gasteiger partial charge in [-0.3, -0.25) is 0 Å². The summed E-state index contributed by atoms with van der Waals surface area (Å²) in [4.78, 5) is 2.31. The van der Waals surface area contributed by atoms with Crippen LogP contribution in [0, 0.1) is 0 Å². The Kier molecular flexibility index (Phi) is 7.82. The minimum absolute atomic E-state index is 0.851. The number of aromatic nitrogens is 1. The standard InChI is InChI=1S/C54H36N2O/c1-5-16-37(17-6-1)40-22-15-25-44(33-40)55(43-23-11-4-12-24-43)45-28-29-47-48-30-31-51-53(54(48)57-52(47)36-45)49-26-13-14-27-50(49)56(51)46-34-41(38-18-7-2-8-19-38)32-42(35-46)39-20-9-3-10-21-39/h1-36H. The van der Waals surface area contributed by atoms with E-state index in [2.05, 4.69) is 228 Å². The van der Waals surface area contributed by atoms with Gasteiger partial charge in [0.05, 0.1) is 16.4 Å². The highest BCUT2D eigenvalue weighted by Crippen LogP contribution is 2.44. The second-order valence-corrected chi connectivity index (χ2v) is 14.6. The van der Waals surface area contributed by atoms with Crippen LogP contribution in [0.4, 0.5) is 17.1 Å². The van der Waals surface area contributed by atoms with Crippen LogP contribution in [0.2, 0.25) is 0 Å². The number of fused-ring (bicyclic) bond motifs is 7. The highest BCUT2D eigenvalue weighted by atomic mass is 16.3. The van der Waals surface area contributed by atoms with Crippen molar-refractivity contribution in [3.05, 3.63) is 218 Å². The van der Waals surface area contributed by atoms with Crippen LogP contribution in [0.3, 0.4) is 0 Å². The van der Waals surface area contributed by atoms with Crippen molar-refractivity contribution < 1.29 is 4.42 Å². The number of hydrogen-bond donors (Lipinski definition) is 0. The number of rotatable bonds is 7. The van der Waals surface area contributed by atoms with Gasteiger partial charge in [0.15, 0.2) is 0 Å². The SMILES string of the molecule is c1ccc(-c2cccc(N(c3ccccc3)c3ccc4c(c3)oc3c4ccc4c3c3ccccc3n4-c3cc(-c4ccccc4)cc(-c4ccccc4)c3)c2)cc1. The molecule has 2 heterocycles. The molecule has 0 unspecified atom stereocenters. The molecule has 0 aliphatic rings. The molecule has 0 radical (unpaired) electrons. The lowest BCUT2D eigenvalue weighted by molar-refractivity contribution is 0.673. The van der Waals surface area contributed by atoms with E-state index in [1.807, 2.05) is 0 Å². The number of furan rings is 1. The normalized spacial score (nSPS) is 11.5. The van der Waals surface area contributed by atoms with Crippen LogP contribution in [-0.4, -0.2) is 4.57 Å². The van der Waals surface area contributed by atoms with Crippen LogP contribution in [0.1, 0.15) is 0 Å². The maximum atomic E-state index is 7.02.